The summed E-state index contributed by atoms with van der Waals surface area (Å²) < 4.78 is 16.6. The van der Waals surface area contributed by atoms with Crippen LogP contribution >= 0.6 is 0 Å². The second kappa shape index (κ2) is 8.68. The maximum Gasteiger partial charge on any atom is 0.203 e. The molecule has 0 heterocycles. The Morgan fingerprint density at radius 2 is 1.68 bits per heavy atom. The first-order valence-corrected chi connectivity index (χ1v) is 7.10. The summed E-state index contributed by atoms with van der Waals surface area (Å²) in [7, 11) is 3.30. The number of ether oxygens (including phenoxy) is 3. The Hall–Kier alpha value is -1.38. The zero-order valence-electron chi connectivity index (χ0n) is 12.6. The van der Waals surface area contributed by atoms with Crippen molar-refractivity contribution >= 4 is 0 Å². The standard InChI is InChI=1S/C16H26O3/c1-5-7-9-13(6-2)12-19-16-14(17-3)10-8-11-15(16)18-4/h8,10-11,13H,5-7,9,12H2,1-4H3. The Morgan fingerprint density at radius 3 is 2.16 bits per heavy atom. The minimum Gasteiger partial charge on any atom is -0.493 e. The fourth-order valence-electron chi connectivity index (χ4n) is 2.06. The normalized spacial score (nSPS) is 12.0. The highest BCUT2D eigenvalue weighted by Crippen LogP contribution is 2.37. The first-order chi connectivity index (χ1) is 9.26. The first kappa shape index (κ1) is 15.7. The van der Waals surface area contributed by atoms with Crippen LogP contribution in [0.15, 0.2) is 18.2 Å². The molecule has 1 aromatic carbocycles. The van der Waals surface area contributed by atoms with Crippen molar-refractivity contribution in [1.82, 2.24) is 0 Å². The minimum absolute atomic E-state index is 0.592. The summed E-state index contributed by atoms with van der Waals surface area (Å²) >= 11 is 0. The lowest BCUT2D eigenvalue weighted by molar-refractivity contribution is 0.215. The summed E-state index contributed by atoms with van der Waals surface area (Å²) in [5.41, 5.74) is 0. The van der Waals surface area contributed by atoms with Gasteiger partial charge in [0.25, 0.3) is 0 Å². The summed E-state index contributed by atoms with van der Waals surface area (Å²) in [6.45, 7) is 5.15. The van der Waals surface area contributed by atoms with Gasteiger partial charge < -0.3 is 14.2 Å². The largest absolute Gasteiger partial charge is 0.493 e. The molecule has 0 aliphatic rings. The van der Waals surface area contributed by atoms with Crippen LogP contribution in [0.1, 0.15) is 39.5 Å². The zero-order chi connectivity index (χ0) is 14.1. The van der Waals surface area contributed by atoms with E-state index in [0.29, 0.717) is 18.3 Å². The molecule has 0 saturated carbocycles. The zero-order valence-corrected chi connectivity index (χ0v) is 12.6. The van der Waals surface area contributed by atoms with Crippen molar-refractivity contribution in [3.8, 4) is 17.2 Å². The Labute approximate surface area is 116 Å². The number of hydrogen-bond donors (Lipinski definition) is 0. The smallest absolute Gasteiger partial charge is 0.203 e. The maximum absolute atomic E-state index is 5.95. The Kier molecular flexibility index (Phi) is 7.16. The van der Waals surface area contributed by atoms with E-state index in [1.54, 1.807) is 14.2 Å². The van der Waals surface area contributed by atoms with E-state index < -0.39 is 0 Å². The van der Waals surface area contributed by atoms with E-state index in [4.69, 9.17) is 14.2 Å². The van der Waals surface area contributed by atoms with Gasteiger partial charge >= 0.3 is 0 Å². The number of benzene rings is 1. The van der Waals surface area contributed by atoms with Crippen molar-refractivity contribution in [3.63, 3.8) is 0 Å². The Balaban J connectivity index is 2.69. The molecular formula is C16H26O3. The highest BCUT2D eigenvalue weighted by atomic mass is 16.5. The van der Waals surface area contributed by atoms with Crippen molar-refractivity contribution < 1.29 is 14.2 Å². The van der Waals surface area contributed by atoms with E-state index in [9.17, 15) is 0 Å². The van der Waals surface area contributed by atoms with Gasteiger partial charge in [-0.3, -0.25) is 0 Å². The third kappa shape index (κ3) is 4.66. The predicted octanol–water partition coefficient (Wildman–Crippen LogP) is 4.30. The van der Waals surface area contributed by atoms with Gasteiger partial charge in [0.05, 0.1) is 20.8 Å². The van der Waals surface area contributed by atoms with Crippen molar-refractivity contribution in [3.05, 3.63) is 18.2 Å². The fraction of sp³-hybridized carbons (Fsp3) is 0.625. The van der Waals surface area contributed by atoms with Crippen LogP contribution in [-0.2, 0) is 0 Å². The van der Waals surface area contributed by atoms with E-state index in [1.165, 1.54) is 19.3 Å². The summed E-state index contributed by atoms with van der Waals surface area (Å²) in [5.74, 6) is 2.76. The number of hydrogen-bond acceptors (Lipinski definition) is 3. The van der Waals surface area contributed by atoms with Crippen LogP contribution in [0.3, 0.4) is 0 Å². The first-order valence-electron chi connectivity index (χ1n) is 7.10. The van der Waals surface area contributed by atoms with Gasteiger partial charge in [-0.15, -0.1) is 0 Å². The third-order valence-electron chi connectivity index (χ3n) is 3.39. The van der Waals surface area contributed by atoms with Crippen LogP contribution in [0.25, 0.3) is 0 Å². The Morgan fingerprint density at radius 1 is 1.05 bits per heavy atom. The molecule has 1 aromatic rings. The van der Waals surface area contributed by atoms with Crippen LogP contribution < -0.4 is 14.2 Å². The van der Waals surface area contributed by atoms with E-state index in [1.807, 2.05) is 18.2 Å². The molecule has 0 spiro atoms. The van der Waals surface area contributed by atoms with Gasteiger partial charge in [-0.2, -0.15) is 0 Å². The number of para-hydroxylation sites is 1. The molecule has 0 aliphatic carbocycles. The highest BCUT2D eigenvalue weighted by Gasteiger charge is 2.14. The minimum atomic E-state index is 0.592. The van der Waals surface area contributed by atoms with Gasteiger partial charge in [0.2, 0.25) is 5.75 Å². The molecule has 0 bridgehead atoms. The summed E-state index contributed by atoms with van der Waals surface area (Å²) in [6, 6.07) is 5.69. The fourth-order valence-corrected chi connectivity index (χ4v) is 2.06. The summed E-state index contributed by atoms with van der Waals surface area (Å²) in [6.07, 6.45) is 4.83. The molecule has 0 aliphatic heterocycles. The second-order valence-electron chi connectivity index (χ2n) is 4.72. The molecule has 108 valence electrons. The van der Waals surface area contributed by atoms with Crippen molar-refractivity contribution in [1.29, 1.82) is 0 Å². The van der Waals surface area contributed by atoms with Crippen molar-refractivity contribution in [2.45, 2.75) is 39.5 Å². The van der Waals surface area contributed by atoms with Gasteiger partial charge in [-0.1, -0.05) is 39.2 Å². The van der Waals surface area contributed by atoms with Crippen LogP contribution in [0, 0.1) is 5.92 Å². The number of rotatable bonds is 9. The van der Waals surface area contributed by atoms with Crippen LogP contribution in [-0.4, -0.2) is 20.8 Å². The summed E-state index contributed by atoms with van der Waals surface area (Å²) in [5, 5.41) is 0. The maximum atomic E-state index is 5.95. The van der Waals surface area contributed by atoms with Crippen LogP contribution in [0.4, 0.5) is 0 Å². The lowest BCUT2D eigenvalue weighted by Crippen LogP contribution is -2.12. The molecule has 0 fully saturated rings. The topological polar surface area (TPSA) is 27.7 Å². The molecule has 3 nitrogen and oxygen atoms in total. The van der Waals surface area contributed by atoms with E-state index in [0.717, 1.165) is 17.9 Å². The van der Waals surface area contributed by atoms with E-state index >= 15 is 0 Å². The quantitative estimate of drug-likeness (QED) is 0.667. The predicted molar refractivity (Wildman–Crippen MR) is 78.3 cm³/mol. The van der Waals surface area contributed by atoms with Gasteiger partial charge in [0.1, 0.15) is 0 Å². The molecular weight excluding hydrogens is 240 g/mol. The average Bonchev–Trinajstić information content (AvgIpc) is 2.47. The van der Waals surface area contributed by atoms with Gasteiger partial charge in [-0.25, -0.2) is 0 Å². The number of methoxy groups -OCH3 is 2. The van der Waals surface area contributed by atoms with E-state index in [2.05, 4.69) is 13.8 Å². The average molecular weight is 266 g/mol. The molecule has 1 atom stereocenters. The monoisotopic (exact) mass is 266 g/mol. The third-order valence-corrected chi connectivity index (χ3v) is 3.39. The lowest BCUT2D eigenvalue weighted by atomic mass is 10.0. The molecule has 0 aromatic heterocycles. The molecule has 0 saturated heterocycles. The molecule has 1 rings (SSSR count). The molecule has 0 N–H and O–H groups in total. The van der Waals surface area contributed by atoms with Gasteiger partial charge in [-0.05, 0) is 24.5 Å². The van der Waals surface area contributed by atoms with Gasteiger partial charge in [0.15, 0.2) is 11.5 Å². The lowest BCUT2D eigenvalue weighted by Gasteiger charge is -2.18. The second-order valence-corrected chi connectivity index (χ2v) is 4.72. The van der Waals surface area contributed by atoms with Crippen molar-refractivity contribution in [2.75, 3.05) is 20.8 Å². The van der Waals surface area contributed by atoms with Crippen molar-refractivity contribution in [2.24, 2.45) is 5.92 Å². The van der Waals surface area contributed by atoms with Crippen LogP contribution in [0.5, 0.6) is 17.2 Å². The van der Waals surface area contributed by atoms with E-state index in [-0.39, 0.29) is 0 Å². The SMILES string of the molecule is CCCCC(CC)COc1c(OC)cccc1OC. The molecule has 0 radical (unpaired) electrons. The number of unbranched alkanes of at least 4 members (excludes halogenated alkanes) is 1. The molecule has 19 heavy (non-hydrogen) atoms. The molecule has 1 unspecified atom stereocenters. The van der Waals surface area contributed by atoms with Crippen LogP contribution in [0.2, 0.25) is 0 Å². The highest BCUT2D eigenvalue weighted by molar-refractivity contribution is 5.51. The Bertz CT molecular complexity index is 341. The van der Waals surface area contributed by atoms with Gasteiger partial charge in [0, 0.05) is 0 Å². The molecule has 0 amide bonds. The summed E-state index contributed by atoms with van der Waals surface area (Å²) in [4.78, 5) is 0. The molecule has 3 heteroatoms.